The van der Waals surface area contributed by atoms with Crippen molar-refractivity contribution in [1.29, 1.82) is 0 Å². The number of carbonyl (C=O) groups is 2. The molecule has 0 bridgehead atoms. The zero-order valence-corrected chi connectivity index (χ0v) is 17.0. The zero-order chi connectivity index (χ0) is 19.9. The molecule has 1 aromatic carbocycles. The van der Waals surface area contributed by atoms with E-state index in [1.807, 2.05) is 9.80 Å². The van der Waals surface area contributed by atoms with Gasteiger partial charge in [-0.1, -0.05) is 12.8 Å². The molecule has 2 amide bonds. The lowest BCUT2D eigenvalue weighted by Gasteiger charge is -2.35. The number of amides is 2. The molecule has 3 rings (SSSR count). The average molecular weight is 389 g/mol. The van der Waals surface area contributed by atoms with Crippen LogP contribution >= 0.6 is 0 Å². The minimum atomic E-state index is -0.0318. The van der Waals surface area contributed by atoms with Crippen LogP contribution in [0.2, 0.25) is 0 Å². The maximum absolute atomic E-state index is 12.9. The van der Waals surface area contributed by atoms with Crippen molar-refractivity contribution in [2.24, 2.45) is 0 Å². The van der Waals surface area contributed by atoms with E-state index in [4.69, 9.17) is 9.47 Å². The second-order valence-corrected chi connectivity index (χ2v) is 7.46. The van der Waals surface area contributed by atoms with Gasteiger partial charge in [-0.25, -0.2) is 0 Å². The van der Waals surface area contributed by atoms with Crippen LogP contribution in [0.5, 0.6) is 11.5 Å². The maximum atomic E-state index is 12.9. The van der Waals surface area contributed by atoms with Crippen molar-refractivity contribution in [2.45, 2.75) is 25.7 Å². The molecular formula is C21H31N3O4. The van der Waals surface area contributed by atoms with Crippen molar-refractivity contribution in [3.8, 4) is 11.5 Å². The topological polar surface area (TPSA) is 62.3 Å². The van der Waals surface area contributed by atoms with Crippen molar-refractivity contribution in [1.82, 2.24) is 14.7 Å². The SMILES string of the molecule is COc1cc(OC)cc(C(=O)N2CCN(CC(=O)N3CCCCCC3)CC2)c1. The second kappa shape index (κ2) is 9.78. The smallest absolute Gasteiger partial charge is 0.254 e. The van der Waals surface area contributed by atoms with Gasteiger partial charge < -0.3 is 19.3 Å². The van der Waals surface area contributed by atoms with Crippen LogP contribution in [-0.4, -0.2) is 86.5 Å². The highest BCUT2D eigenvalue weighted by Gasteiger charge is 2.25. The Kier molecular flexibility index (Phi) is 7.14. The summed E-state index contributed by atoms with van der Waals surface area (Å²) in [7, 11) is 3.15. The number of benzene rings is 1. The third-order valence-electron chi connectivity index (χ3n) is 5.58. The monoisotopic (exact) mass is 389 g/mol. The Morgan fingerprint density at radius 1 is 0.786 bits per heavy atom. The summed E-state index contributed by atoms with van der Waals surface area (Å²) in [6.07, 6.45) is 4.66. The Balaban J connectivity index is 1.53. The molecule has 0 unspecified atom stereocenters. The Morgan fingerprint density at radius 3 is 1.89 bits per heavy atom. The zero-order valence-electron chi connectivity index (χ0n) is 17.0. The van der Waals surface area contributed by atoms with E-state index in [1.165, 1.54) is 12.8 Å². The van der Waals surface area contributed by atoms with Crippen LogP contribution in [0.15, 0.2) is 18.2 Å². The molecule has 7 heteroatoms. The lowest BCUT2D eigenvalue weighted by Crippen LogP contribution is -2.51. The lowest BCUT2D eigenvalue weighted by molar-refractivity contribution is -0.132. The fourth-order valence-electron chi connectivity index (χ4n) is 3.83. The van der Waals surface area contributed by atoms with Crippen molar-refractivity contribution < 1.29 is 19.1 Å². The first-order valence-electron chi connectivity index (χ1n) is 10.1. The predicted octanol–water partition coefficient (Wildman–Crippen LogP) is 1.86. The maximum Gasteiger partial charge on any atom is 0.254 e. The molecule has 0 radical (unpaired) electrons. The molecule has 0 saturated carbocycles. The molecule has 0 aliphatic carbocycles. The Hall–Kier alpha value is -2.28. The summed E-state index contributed by atoms with van der Waals surface area (Å²) in [4.78, 5) is 31.4. The lowest BCUT2D eigenvalue weighted by atomic mass is 10.1. The molecule has 154 valence electrons. The first kappa shape index (κ1) is 20.5. The first-order chi connectivity index (χ1) is 13.6. The van der Waals surface area contributed by atoms with Gasteiger partial charge in [0.05, 0.1) is 20.8 Å². The molecule has 1 aromatic rings. The Morgan fingerprint density at radius 2 is 1.36 bits per heavy atom. The number of nitrogens with zero attached hydrogens (tertiary/aromatic N) is 3. The summed E-state index contributed by atoms with van der Waals surface area (Å²) in [5, 5.41) is 0. The normalized spacial score (nSPS) is 18.5. The van der Waals surface area contributed by atoms with Gasteiger partial charge in [-0.15, -0.1) is 0 Å². The van der Waals surface area contributed by atoms with E-state index in [0.29, 0.717) is 49.8 Å². The fourth-order valence-corrected chi connectivity index (χ4v) is 3.83. The van der Waals surface area contributed by atoms with Crippen LogP contribution in [0.1, 0.15) is 36.0 Å². The van der Waals surface area contributed by atoms with Gasteiger partial charge in [0.1, 0.15) is 11.5 Å². The summed E-state index contributed by atoms with van der Waals surface area (Å²) in [6.45, 7) is 4.88. The van der Waals surface area contributed by atoms with E-state index < -0.39 is 0 Å². The molecule has 0 aromatic heterocycles. The molecule has 0 N–H and O–H groups in total. The molecule has 2 aliphatic rings. The van der Waals surface area contributed by atoms with Crippen LogP contribution in [0, 0.1) is 0 Å². The molecule has 2 heterocycles. The first-order valence-corrected chi connectivity index (χ1v) is 10.1. The molecule has 2 aliphatic heterocycles. The summed E-state index contributed by atoms with van der Waals surface area (Å²) >= 11 is 0. The Bertz CT molecular complexity index is 656. The van der Waals surface area contributed by atoms with E-state index in [-0.39, 0.29) is 11.8 Å². The average Bonchev–Trinajstić information content (AvgIpc) is 3.03. The highest BCUT2D eigenvalue weighted by molar-refractivity contribution is 5.95. The number of carbonyl (C=O) groups excluding carboxylic acids is 2. The molecule has 0 spiro atoms. The van der Waals surface area contributed by atoms with E-state index in [0.717, 1.165) is 25.9 Å². The van der Waals surface area contributed by atoms with Gasteiger partial charge >= 0.3 is 0 Å². The highest BCUT2D eigenvalue weighted by Crippen LogP contribution is 2.24. The quantitative estimate of drug-likeness (QED) is 0.769. The predicted molar refractivity (Wildman–Crippen MR) is 107 cm³/mol. The van der Waals surface area contributed by atoms with Crippen LogP contribution in [0.3, 0.4) is 0 Å². The van der Waals surface area contributed by atoms with Gasteiger partial charge in [-0.2, -0.15) is 0 Å². The molecular weight excluding hydrogens is 358 g/mol. The molecule has 2 saturated heterocycles. The Labute approximate surface area is 167 Å². The number of ether oxygens (including phenoxy) is 2. The van der Waals surface area contributed by atoms with Crippen LogP contribution in [-0.2, 0) is 4.79 Å². The fraction of sp³-hybridized carbons (Fsp3) is 0.619. The largest absolute Gasteiger partial charge is 0.497 e. The van der Waals surface area contributed by atoms with Gasteiger partial charge in [0.2, 0.25) is 5.91 Å². The van der Waals surface area contributed by atoms with Crippen LogP contribution in [0.25, 0.3) is 0 Å². The van der Waals surface area contributed by atoms with Gasteiger partial charge in [0, 0.05) is 50.9 Å². The van der Waals surface area contributed by atoms with Crippen molar-refractivity contribution in [3.63, 3.8) is 0 Å². The highest BCUT2D eigenvalue weighted by atomic mass is 16.5. The number of hydrogen-bond donors (Lipinski definition) is 0. The third kappa shape index (κ3) is 5.16. The number of hydrogen-bond acceptors (Lipinski definition) is 5. The number of likely N-dealkylation sites (tertiary alicyclic amines) is 1. The minimum absolute atomic E-state index is 0.0318. The van der Waals surface area contributed by atoms with Gasteiger partial charge in [-0.3, -0.25) is 14.5 Å². The van der Waals surface area contributed by atoms with E-state index in [9.17, 15) is 9.59 Å². The summed E-state index contributed by atoms with van der Waals surface area (Å²) < 4.78 is 10.5. The van der Waals surface area contributed by atoms with Crippen LogP contribution < -0.4 is 9.47 Å². The van der Waals surface area contributed by atoms with Gasteiger partial charge in [0.15, 0.2) is 0 Å². The van der Waals surface area contributed by atoms with Crippen molar-refractivity contribution in [3.05, 3.63) is 23.8 Å². The summed E-state index contributed by atoms with van der Waals surface area (Å²) in [6, 6.07) is 5.23. The summed E-state index contributed by atoms with van der Waals surface area (Å²) in [5.74, 6) is 1.39. The molecule has 0 atom stereocenters. The number of piperazine rings is 1. The molecule has 7 nitrogen and oxygen atoms in total. The second-order valence-electron chi connectivity index (χ2n) is 7.46. The summed E-state index contributed by atoms with van der Waals surface area (Å²) in [5.41, 5.74) is 0.560. The van der Waals surface area contributed by atoms with Gasteiger partial charge in [-0.05, 0) is 25.0 Å². The van der Waals surface area contributed by atoms with Crippen molar-refractivity contribution in [2.75, 3.05) is 60.0 Å². The van der Waals surface area contributed by atoms with Gasteiger partial charge in [0.25, 0.3) is 5.91 Å². The standard InChI is InChI=1S/C21H31N3O4/c1-27-18-13-17(14-19(15-18)28-2)21(26)24-11-9-22(10-12-24)16-20(25)23-7-5-3-4-6-8-23/h13-15H,3-12,16H2,1-2H3. The number of rotatable bonds is 5. The third-order valence-corrected chi connectivity index (χ3v) is 5.58. The van der Waals surface area contributed by atoms with E-state index >= 15 is 0 Å². The molecule has 28 heavy (non-hydrogen) atoms. The van der Waals surface area contributed by atoms with Crippen molar-refractivity contribution >= 4 is 11.8 Å². The molecule has 2 fully saturated rings. The van der Waals surface area contributed by atoms with E-state index in [1.54, 1.807) is 32.4 Å². The van der Waals surface area contributed by atoms with Crippen LogP contribution in [0.4, 0.5) is 0 Å². The number of methoxy groups -OCH3 is 2. The van der Waals surface area contributed by atoms with E-state index in [2.05, 4.69) is 4.90 Å². The minimum Gasteiger partial charge on any atom is -0.497 e.